The molecule has 0 aliphatic carbocycles. The van der Waals surface area contributed by atoms with Crippen LogP contribution in [0.5, 0.6) is 0 Å². The maximum atomic E-state index is 11.8. The number of thioether (sulfide) groups is 1. The molecule has 2 amide bonds. The minimum atomic E-state index is -0.0618. The first-order valence-corrected chi connectivity index (χ1v) is 10.4. The molecule has 3 heterocycles. The number of carbonyl (C=O) groups is 2. The van der Waals surface area contributed by atoms with E-state index in [1.165, 1.54) is 4.90 Å². The molecule has 6 nitrogen and oxygen atoms in total. The monoisotopic (exact) mass is 385 g/mol. The molecule has 2 aliphatic rings. The number of imidazole rings is 1. The van der Waals surface area contributed by atoms with Crippen LogP contribution in [-0.2, 0) is 20.9 Å². The number of likely N-dealkylation sites (tertiary alicyclic amines) is 1. The van der Waals surface area contributed by atoms with Crippen molar-refractivity contribution in [3.05, 3.63) is 36.5 Å². The molecule has 0 N–H and O–H groups in total. The Hall–Kier alpha value is -2.12. The number of benzene rings is 1. The highest BCUT2D eigenvalue weighted by Gasteiger charge is 2.28. The van der Waals surface area contributed by atoms with Gasteiger partial charge >= 0.3 is 0 Å². The van der Waals surface area contributed by atoms with Crippen LogP contribution in [0.25, 0.3) is 11.3 Å². The van der Waals surface area contributed by atoms with Crippen LogP contribution < -0.4 is 0 Å². The summed E-state index contributed by atoms with van der Waals surface area (Å²) in [4.78, 5) is 29.5. The number of amides is 2. The summed E-state index contributed by atoms with van der Waals surface area (Å²) in [6.45, 7) is 2.03. The van der Waals surface area contributed by atoms with Gasteiger partial charge in [-0.25, -0.2) is 4.98 Å². The van der Waals surface area contributed by atoms with E-state index >= 15 is 0 Å². The molecule has 27 heavy (non-hydrogen) atoms. The van der Waals surface area contributed by atoms with Gasteiger partial charge in [-0.05, 0) is 18.4 Å². The Bertz CT molecular complexity index is 799. The highest BCUT2D eigenvalue weighted by molar-refractivity contribution is 7.99. The van der Waals surface area contributed by atoms with Crippen LogP contribution in [0.4, 0.5) is 0 Å². The van der Waals surface area contributed by atoms with Crippen LogP contribution in [-0.4, -0.2) is 51.3 Å². The second-order valence-corrected chi connectivity index (χ2v) is 7.89. The average molecular weight is 385 g/mol. The molecule has 1 atom stereocenters. The van der Waals surface area contributed by atoms with E-state index in [4.69, 9.17) is 4.74 Å². The second kappa shape index (κ2) is 8.27. The zero-order chi connectivity index (χ0) is 18.6. The zero-order valence-corrected chi connectivity index (χ0v) is 16.0. The SMILES string of the molecule is O=C1CCC(=O)N1CCSc1ncc(-c2ccccc2)n1C[C@H]1CCCO1. The Morgan fingerprint density at radius 3 is 2.63 bits per heavy atom. The molecule has 0 saturated carbocycles. The molecule has 2 saturated heterocycles. The van der Waals surface area contributed by atoms with Gasteiger partial charge in [0.05, 0.1) is 24.5 Å². The van der Waals surface area contributed by atoms with Crippen molar-refractivity contribution in [1.29, 1.82) is 0 Å². The van der Waals surface area contributed by atoms with Gasteiger partial charge in [-0.15, -0.1) is 0 Å². The molecule has 0 radical (unpaired) electrons. The second-order valence-electron chi connectivity index (χ2n) is 6.83. The lowest BCUT2D eigenvalue weighted by Crippen LogP contribution is -2.31. The molecule has 2 fully saturated rings. The van der Waals surface area contributed by atoms with E-state index in [-0.39, 0.29) is 17.9 Å². The van der Waals surface area contributed by atoms with Gasteiger partial charge in [0.1, 0.15) is 0 Å². The van der Waals surface area contributed by atoms with E-state index in [0.29, 0.717) is 25.1 Å². The third kappa shape index (κ3) is 4.09. The molecular weight excluding hydrogens is 362 g/mol. The minimum absolute atomic E-state index is 0.0618. The number of hydrogen-bond acceptors (Lipinski definition) is 5. The van der Waals surface area contributed by atoms with Crippen molar-refractivity contribution in [3.63, 3.8) is 0 Å². The Labute approximate surface area is 162 Å². The van der Waals surface area contributed by atoms with Crippen LogP contribution in [0.3, 0.4) is 0 Å². The number of imide groups is 1. The van der Waals surface area contributed by atoms with E-state index in [1.54, 1.807) is 11.8 Å². The fraction of sp³-hybridized carbons (Fsp3) is 0.450. The molecule has 0 bridgehead atoms. The predicted molar refractivity (Wildman–Crippen MR) is 103 cm³/mol. The Morgan fingerprint density at radius 1 is 1.15 bits per heavy atom. The first-order chi connectivity index (χ1) is 13.2. The zero-order valence-electron chi connectivity index (χ0n) is 15.2. The topological polar surface area (TPSA) is 64.4 Å². The molecule has 4 rings (SSSR count). The minimum Gasteiger partial charge on any atom is -0.376 e. The maximum absolute atomic E-state index is 11.8. The van der Waals surface area contributed by atoms with Crippen molar-refractivity contribution in [3.8, 4) is 11.3 Å². The van der Waals surface area contributed by atoms with Gasteiger partial charge in [0.25, 0.3) is 0 Å². The number of rotatable bonds is 7. The van der Waals surface area contributed by atoms with Gasteiger partial charge in [-0.3, -0.25) is 14.5 Å². The van der Waals surface area contributed by atoms with E-state index in [0.717, 1.165) is 42.4 Å². The fourth-order valence-corrected chi connectivity index (χ4v) is 4.49. The number of hydrogen-bond donors (Lipinski definition) is 0. The third-order valence-electron chi connectivity index (χ3n) is 5.00. The van der Waals surface area contributed by atoms with Crippen molar-refractivity contribution < 1.29 is 14.3 Å². The Balaban J connectivity index is 1.50. The first-order valence-electron chi connectivity index (χ1n) is 9.41. The summed E-state index contributed by atoms with van der Waals surface area (Å²) in [5, 5.41) is 0.906. The molecule has 2 aliphatic heterocycles. The molecule has 0 unspecified atom stereocenters. The fourth-order valence-electron chi connectivity index (χ4n) is 3.58. The molecular formula is C20H23N3O3S. The predicted octanol–water partition coefficient (Wildman–Crippen LogP) is 2.97. The molecule has 1 aromatic heterocycles. The van der Waals surface area contributed by atoms with E-state index < -0.39 is 0 Å². The van der Waals surface area contributed by atoms with Gasteiger partial charge < -0.3 is 9.30 Å². The summed E-state index contributed by atoms with van der Waals surface area (Å²) >= 11 is 1.59. The largest absolute Gasteiger partial charge is 0.376 e. The lowest BCUT2D eigenvalue weighted by Gasteiger charge is -2.17. The molecule has 142 valence electrons. The average Bonchev–Trinajstić information content (AvgIpc) is 3.41. The van der Waals surface area contributed by atoms with Crippen molar-refractivity contribution >= 4 is 23.6 Å². The summed E-state index contributed by atoms with van der Waals surface area (Å²) in [6.07, 6.45) is 4.96. The standard InChI is InChI=1S/C20H23N3O3S/c24-18-8-9-19(25)22(18)10-12-27-20-21-13-17(15-5-2-1-3-6-15)23(20)14-16-7-4-11-26-16/h1-3,5-6,13,16H,4,7-12,14H2/t16-/m1/s1. The van der Waals surface area contributed by atoms with Gasteiger partial charge in [0, 0.05) is 31.7 Å². The van der Waals surface area contributed by atoms with E-state index in [1.807, 2.05) is 24.4 Å². The summed E-state index contributed by atoms with van der Waals surface area (Å²) in [5.41, 5.74) is 2.20. The molecule has 0 spiro atoms. The van der Waals surface area contributed by atoms with E-state index in [9.17, 15) is 9.59 Å². The third-order valence-corrected chi connectivity index (χ3v) is 5.97. The van der Waals surface area contributed by atoms with Crippen molar-refractivity contribution in [2.45, 2.75) is 43.5 Å². The number of carbonyl (C=O) groups excluding carboxylic acids is 2. The van der Waals surface area contributed by atoms with Crippen LogP contribution >= 0.6 is 11.8 Å². The van der Waals surface area contributed by atoms with Crippen molar-refractivity contribution in [2.24, 2.45) is 0 Å². The lowest BCUT2D eigenvalue weighted by atomic mass is 10.1. The molecule has 7 heteroatoms. The van der Waals surface area contributed by atoms with Crippen LogP contribution in [0.2, 0.25) is 0 Å². The van der Waals surface area contributed by atoms with E-state index in [2.05, 4.69) is 21.7 Å². The van der Waals surface area contributed by atoms with Gasteiger partial charge in [0.15, 0.2) is 5.16 Å². The lowest BCUT2D eigenvalue weighted by molar-refractivity contribution is -0.137. The summed E-state index contributed by atoms with van der Waals surface area (Å²) in [7, 11) is 0. The Kier molecular flexibility index (Phi) is 5.59. The summed E-state index contributed by atoms with van der Waals surface area (Å²) < 4.78 is 8.04. The highest BCUT2D eigenvalue weighted by atomic mass is 32.2. The molecule has 1 aromatic carbocycles. The summed E-state index contributed by atoms with van der Waals surface area (Å²) in [6, 6.07) is 10.2. The van der Waals surface area contributed by atoms with Crippen molar-refractivity contribution in [1.82, 2.24) is 14.5 Å². The van der Waals surface area contributed by atoms with Gasteiger partial charge in [-0.2, -0.15) is 0 Å². The first kappa shape index (κ1) is 18.3. The van der Waals surface area contributed by atoms with Gasteiger partial charge in [-0.1, -0.05) is 42.1 Å². The van der Waals surface area contributed by atoms with Crippen LogP contribution in [0.15, 0.2) is 41.7 Å². The number of nitrogens with zero attached hydrogens (tertiary/aromatic N) is 3. The smallest absolute Gasteiger partial charge is 0.229 e. The quantitative estimate of drug-likeness (QED) is 0.542. The Morgan fingerprint density at radius 2 is 1.93 bits per heavy atom. The van der Waals surface area contributed by atoms with Gasteiger partial charge in [0.2, 0.25) is 11.8 Å². The number of ether oxygens (including phenoxy) is 1. The maximum Gasteiger partial charge on any atom is 0.229 e. The highest BCUT2D eigenvalue weighted by Crippen LogP contribution is 2.28. The summed E-state index contributed by atoms with van der Waals surface area (Å²) in [5.74, 6) is 0.523. The van der Waals surface area contributed by atoms with Crippen LogP contribution in [0, 0.1) is 0 Å². The van der Waals surface area contributed by atoms with Crippen LogP contribution in [0.1, 0.15) is 25.7 Å². The normalized spacial score (nSPS) is 20.0. The molecule has 2 aromatic rings. The number of aromatic nitrogens is 2. The van der Waals surface area contributed by atoms with Crippen molar-refractivity contribution in [2.75, 3.05) is 18.9 Å².